The van der Waals surface area contributed by atoms with Crippen molar-refractivity contribution in [1.29, 1.82) is 0 Å². The predicted octanol–water partition coefficient (Wildman–Crippen LogP) is 6.08. The summed E-state index contributed by atoms with van der Waals surface area (Å²) in [5, 5.41) is 3.06. The van der Waals surface area contributed by atoms with E-state index in [9.17, 15) is 4.79 Å². The van der Waals surface area contributed by atoms with Gasteiger partial charge in [0.1, 0.15) is 0 Å². The first kappa shape index (κ1) is 17.3. The molecule has 0 bridgehead atoms. The third kappa shape index (κ3) is 3.81. The highest BCUT2D eigenvalue weighted by Crippen LogP contribution is 2.45. The monoisotopic (exact) mass is 377 g/mol. The summed E-state index contributed by atoms with van der Waals surface area (Å²) in [6.45, 7) is 0. The molecule has 0 aromatic heterocycles. The standard InChI is InChI=1S/C22H19NOS2/c24-21(17-10-12-18(13-11-17)22-25-14-15-26-22)23-20-9-5-4-8-19(20)16-6-2-1-3-7-16/h1-13,22H,14-15H2,(H,23,24). The van der Waals surface area contributed by atoms with Gasteiger partial charge in [0.05, 0.1) is 4.58 Å². The van der Waals surface area contributed by atoms with Crippen molar-refractivity contribution in [1.82, 2.24) is 0 Å². The molecule has 26 heavy (non-hydrogen) atoms. The van der Waals surface area contributed by atoms with Crippen LogP contribution in [0, 0.1) is 0 Å². The average molecular weight is 378 g/mol. The molecule has 1 heterocycles. The number of nitrogens with one attached hydrogen (secondary N) is 1. The Hall–Kier alpha value is -2.17. The Morgan fingerprint density at radius 3 is 2.19 bits per heavy atom. The van der Waals surface area contributed by atoms with Crippen LogP contribution in [0.1, 0.15) is 20.5 Å². The maximum atomic E-state index is 12.7. The van der Waals surface area contributed by atoms with Crippen LogP contribution in [0.25, 0.3) is 11.1 Å². The van der Waals surface area contributed by atoms with E-state index in [2.05, 4.69) is 29.6 Å². The molecule has 1 aliphatic rings. The first-order valence-corrected chi connectivity index (χ1v) is 10.7. The number of anilines is 1. The van der Waals surface area contributed by atoms with Gasteiger partial charge < -0.3 is 5.32 Å². The Morgan fingerprint density at radius 1 is 0.808 bits per heavy atom. The van der Waals surface area contributed by atoms with Gasteiger partial charge in [0.25, 0.3) is 5.91 Å². The predicted molar refractivity (Wildman–Crippen MR) is 114 cm³/mol. The zero-order valence-electron chi connectivity index (χ0n) is 14.2. The van der Waals surface area contributed by atoms with Gasteiger partial charge in [0.15, 0.2) is 0 Å². The molecule has 1 amide bonds. The number of hydrogen-bond donors (Lipinski definition) is 1. The molecule has 1 N–H and O–H groups in total. The highest BCUT2D eigenvalue weighted by molar-refractivity contribution is 8.19. The van der Waals surface area contributed by atoms with Crippen molar-refractivity contribution in [3.8, 4) is 11.1 Å². The molecule has 0 spiro atoms. The minimum atomic E-state index is -0.0772. The first-order chi connectivity index (χ1) is 12.8. The quantitative estimate of drug-likeness (QED) is 0.597. The van der Waals surface area contributed by atoms with Crippen LogP contribution >= 0.6 is 23.5 Å². The Morgan fingerprint density at radius 2 is 1.46 bits per heavy atom. The lowest BCUT2D eigenvalue weighted by molar-refractivity contribution is 0.102. The highest BCUT2D eigenvalue weighted by atomic mass is 32.2. The molecular formula is C22H19NOS2. The summed E-state index contributed by atoms with van der Waals surface area (Å²) < 4.78 is 0.505. The zero-order valence-corrected chi connectivity index (χ0v) is 15.9. The van der Waals surface area contributed by atoms with Crippen molar-refractivity contribution in [2.45, 2.75) is 4.58 Å². The van der Waals surface area contributed by atoms with Crippen molar-refractivity contribution >= 4 is 35.1 Å². The average Bonchev–Trinajstić information content (AvgIpc) is 3.24. The van der Waals surface area contributed by atoms with Gasteiger partial charge in [-0.2, -0.15) is 0 Å². The second-order valence-corrected chi connectivity index (χ2v) is 8.79. The second-order valence-electron chi connectivity index (χ2n) is 6.06. The van der Waals surface area contributed by atoms with E-state index in [1.807, 2.05) is 78.1 Å². The van der Waals surface area contributed by atoms with E-state index in [-0.39, 0.29) is 5.91 Å². The van der Waals surface area contributed by atoms with Crippen LogP contribution in [-0.4, -0.2) is 17.4 Å². The summed E-state index contributed by atoms with van der Waals surface area (Å²) in [6.07, 6.45) is 0. The van der Waals surface area contributed by atoms with Gasteiger partial charge in [0, 0.05) is 28.3 Å². The lowest BCUT2D eigenvalue weighted by Crippen LogP contribution is -2.12. The molecule has 1 aliphatic heterocycles. The normalized spacial score (nSPS) is 14.3. The summed E-state index contributed by atoms with van der Waals surface area (Å²) >= 11 is 3.95. The molecule has 1 saturated heterocycles. The van der Waals surface area contributed by atoms with Crippen LogP contribution < -0.4 is 5.32 Å². The molecule has 0 atom stereocenters. The molecule has 0 unspecified atom stereocenters. The fourth-order valence-electron chi connectivity index (χ4n) is 3.00. The van der Waals surface area contributed by atoms with E-state index in [1.54, 1.807) is 0 Å². The van der Waals surface area contributed by atoms with E-state index in [0.29, 0.717) is 10.1 Å². The van der Waals surface area contributed by atoms with Crippen molar-refractivity contribution < 1.29 is 4.79 Å². The first-order valence-electron chi connectivity index (χ1n) is 8.60. The molecule has 1 fully saturated rings. The summed E-state index contributed by atoms with van der Waals surface area (Å²) in [7, 11) is 0. The summed E-state index contributed by atoms with van der Waals surface area (Å²) in [5.41, 5.74) is 4.92. The van der Waals surface area contributed by atoms with Gasteiger partial charge in [0.2, 0.25) is 0 Å². The van der Waals surface area contributed by atoms with Gasteiger partial charge in [-0.3, -0.25) is 4.79 Å². The maximum Gasteiger partial charge on any atom is 0.255 e. The largest absolute Gasteiger partial charge is 0.321 e. The van der Waals surface area contributed by atoms with E-state index in [0.717, 1.165) is 16.8 Å². The summed E-state index contributed by atoms with van der Waals surface area (Å²) in [6, 6.07) is 26.0. The highest BCUT2D eigenvalue weighted by Gasteiger charge is 2.18. The third-order valence-corrected chi connectivity index (χ3v) is 7.43. The van der Waals surface area contributed by atoms with Crippen molar-refractivity contribution in [3.05, 3.63) is 90.0 Å². The van der Waals surface area contributed by atoms with Gasteiger partial charge in [-0.15, -0.1) is 23.5 Å². The number of hydrogen-bond acceptors (Lipinski definition) is 3. The molecule has 2 nitrogen and oxygen atoms in total. The van der Waals surface area contributed by atoms with Crippen LogP contribution in [-0.2, 0) is 0 Å². The van der Waals surface area contributed by atoms with Crippen LogP contribution in [0.4, 0.5) is 5.69 Å². The molecule has 130 valence electrons. The Kier molecular flexibility index (Phi) is 5.32. The van der Waals surface area contributed by atoms with Gasteiger partial charge in [-0.05, 0) is 29.3 Å². The molecule has 0 aliphatic carbocycles. The number of rotatable bonds is 4. The SMILES string of the molecule is O=C(Nc1ccccc1-c1ccccc1)c1ccc(C2SCCS2)cc1. The Labute approximate surface area is 162 Å². The van der Waals surface area contributed by atoms with Crippen LogP contribution in [0.2, 0.25) is 0 Å². The minimum absolute atomic E-state index is 0.0772. The molecule has 4 heteroatoms. The minimum Gasteiger partial charge on any atom is -0.321 e. The fraction of sp³-hybridized carbons (Fsp3) is 0.136. The summed E-state index contributed by atoms with van der Waals surface area (Å²) in [5.74, 6) is 2.33. The third-order valence-electron chi connectivity index (χ3n) is 4.33. The number of para-hydroxylation sites is 1. The lowest BCUT2D eigenvalue weighted by atomic mass is 10.0. The number of carbonyl (C=O) groups is 1. The fourth-order valence-corrected chi connectivity index (χ4v) is 5.86. The molecule has 4 rings (SSSR count). The van der Waals surface area contributed by atoms with Gasteiger partial charge in [-0.1, -0.05) is 60.7 Å². The molecule has 0 saturated carbocycles. The maximum absolute atomic E-state index is 12.7. The number of benzene rings is 3. The van der Waals surface area contributed by atoms with E-state index < -0.39 is 0 Å². The van der Waals surface area contributed by atoms with Crippen LogP contribution in [0.3, 0.4) is 0 Å². The topological polar surface area (TPSA) is 29.1 Å². The Bertz CT molecular complexity index is 888. The summed E-state index contributed by atoms with van der Waals surface area (Å²) in [4.78, 5) is 12.7. The second kappa shape index (κ2) is 8.02. The van der Waals surface area contributed by atoms with Crippen molar-refractivity contribution in [2.24, 2.45) is 0 Å². The van der Waals surface area contributed by atoms with E-state index in [4.69, 9.17) is 0 Å². The molecule has 0 radical (unpaired) electrons. The van der Waals surface area contributed by atoms with Crippen LogP contribution in [0.5, 0.6) is 0 Å². The van der Waals surface area contributed by atoms with Gasteiger partial charge >= 0.3 is 0 Å². The van der Waals surface area contributed by atoms with Crippen molar-refractivity contribution in [3.63, 3.8) is 0 Å². The number of amides is 1. The molecule has 3 aromatic rings. The number of carbonyl (C=O) groups excluding carboxylic acids is 1. The number of thioether (sulfide) groups is 2. The zero-order chi connectivity index (χ0) is 17.8. The Balaban J connectivity index is 1.53. The smallest absolute Gasteiger partial charge is 0.255 e. The van der Waals surface area contributed by atoms with E-state index >= 15 is 0 Å². The lowest BCUT2D eigenvalue weighted by Gasteiger charge is -2.12. The molecular weight excluding hydrogens is 358 g/mol. The molecule has 3 aromatic carbocycles. The van der Waals surface area contributed by atoms with E-state index in [1.165, 1.54) is 17.1 Å². The van der Waals surface area contributed by atoms with Crippen molar-refractivity contribution in [2.75, 3.05) is 16.8 Å². The van der Waals surface area contributed by atoms with Crippen LogP contribution in [0.15, 0.2) is 78.9 Å². The van der Waals surface area contributed by atoms with Gasteiger partial charge in [-0.25, -0.2) is 0 Å².